The van der Waals surface area contributed by atoms with E-state index < -0.39 is 5.97 Å². The fourth-order valence-corrected chi connectivity index (χ4v) is 5.62. The number of para-hydroxylation sites is 1. The van der Waals surface area contributed by atoms with Gasteiger partial charge in [0.05, 0.1) is 5.56 Å². The highest BCUT2D eigenvalue weighted by Gasteiger charge is 2.10. The first-order valence-corrected chi connectivity index (χ1v) is 14.4. The van der Waals surface area contributed by atoms with E-state index in [1.165, 1.54) is 16.5 Å². The van der Waals surface area contributed by atoms with Crippen LogP contribution < -0.4 is 4.74 Å². The first kappa shape index (κ1) is 26.4. The summed E-state index contributed by atoms with van der Waals surface area (Å²) in [6.07, 6.45) is 4.22. The second kappa shape index (κ2) is 11.4. The summed E-state index contributed by atoms with van der Waals surface area (Å²) in [6.45, 7) is 1.93. The smallest absolute Gasteiger partial charge is 0.335 e. The van der Waals surface area contributed by atoms with Crippen LogP contribution in [0, 0.1) is 0 Å². The molecule has 0 radical (unpaired) electrons. The normalized spacial score (nSPS) is 11.3. The van der Waals surface area contributed by atoms with E-state index in [1.807, 2.05) is 36.4 Å². The Kier molecular flexibility index (Phi) is 6.97. The molecule has 5 aromatic carbocycles. The van der Waals surface area contributed by atoms with E-state index in [0.717, 1.165) is 45.5 Å². The SMILES string of the molecule is O=C(O)c1cccc(Cn2ccc3ccc(-c4ccc5ccn(Cc6ccc(COc7ccccc7)cc6)c5c4)cc32)c1. The van der Waals surface area contributed by atoms with Crippen LogP contribution in [-0.4, -0.2) is 20.2 Å². The van der Waals surface area contributed by atoms with E-state index in [9.17, 15) is 9.90 Å². The van der Waals surface area contributed by atoms with Gasteiger partial charge in [-0.25, -0.2) is 4.79 Å². The second-order valence-corrected chi connectivity index (χ2v) is 10.9. The summed E-state index contributed by atoms with van der Waals surface area (Å²) < 4.78 is 10.4. The van der Waals surface area contributed by atoms with E-state index >= 15 is 0 Å². The van der Waals surface area contributed by atoms with Crippen molar-refractivity contribution in [3.63, 3.8) is 0 Å². The molecule has 43 heavy (non-hydrogen) atoms. The van der Waals surface area contributed by atoms with Crippen molar-refractivity contribution in [2.45, 2.75) is 19.7 Å². The Hall–Kier alpha value is -5.55. The lowest BCUT2D eigenvalue weighted by molar-refractivity contribution is 0.0696. The molecule has 0 bridgehead atoms. The fourth-order valence-electron chi connectivity index (χ4n) is 5.62. The third-order valence-corrected chi connectivity index (χ3v) is 7.93. The van der Waals surface area contributed by atoms with Crippen molar-refractivity contribution in [3.05, 3.63) is 162 Å². The van der Waals surface area contributed by atoms with Crippen LogP contribution in [0.2, 0.25) is 0 Å². The second-order valence-electron chi connectivity index (χ2n) is 10.9. The van der Waals surface area contributed by atoms with Gasteiger partial charge in [-0.1, -0.05) is 78.9 Å². The molecule has 5 heteroatoms. The van der Waals surface area contributed by atoms with Crippen molar-refractivity contribution in [2.75, 3.05) is 0 Å². The number of hydrogen-bond acceptors (Lipinski definition) is 2. The number of aromatic nitrogens is 2. The van der Waals surface area contributed by atoms with Crippen LogP contribution in [0.25, 0.3) is 32.9 Å². The molecule has 5 nitrogen and oxygen atoms in total. The van der Waals surface area contributed by atoms with Gasteiger partial charge in [-0.3, -0.25) is 0 Å². The molecule has 0 saturated carbocycles. The van der Waals surface area contributed by atoms with Gasteiger partial charge in [-0.2, -0.15) is 0 Å². The zero-order valence-electron chi connectivity index (χ0n) is 23.6. The number of carboxylic acid groups (broad SMARTS) is 1. The number of hydrogen-bond donors (Lipinski definition) is 1. The minimum atomic E-state index is -0.910. The molecule has 0 aliphatic rings. The van der Waals surface area contributed by atoms with E-state index in [-0.39, 0.29) is 0 Å². The Balaban J connectivity index is 1.11. The fraction of sp³-hybridized carbons (Fsp3) is 0.0789. The van der Waals surface area contributed by atoms with Crippen molar-refractivity contribution in [2.24, 2.45) is 0 Å². The van der Waals surface area contributed by atoms with Crippen molar-refractivity contribution < 1.29 is 14.6 Å². The highest BCUT2D eigenvalue weighted by Crippen LogP contribution is 2.29. The molecule has 0 amide bonds. The lowest BCUT2D eigenvalue weighted by Gasteiger charge is -2.11. The maximum absolute atomic E-state index is 11.4. The number of rotatable bonds is 9. The number of benzene rings is 5. The number of carbonyl (C=O) groups is 1. The summed E-state index contributed by atoms with van der Waals surface area (Å²) in [5.74, 6) is -0.0360. The van der Waals surface area contributed by atoms with Crippen LogP contribution in [0.3, 0.4) is 0 Å². The highest BCUT2D eigenvalue weighted by molar-refractivity contribution is 5.90. The summed E-state index contributed by atoms with van der Waals surface area (Å²) >= 11 is 0. The van der Waals surface area contributed by atoms with Gasteiger partial charge in [0, 0.05) is 36.5 Å². The number of fused-ring (bicyclic) bond motifs is 2. The molecule has 2 heterocycles. The lowest BCUT2D eigenvalue weighted by Crippen LogP contribution is -2.01. The van der Waals surface area contributed by atoms with Gasteiger partial charge in [0.25, 0.3) is 0 Å². The average Bonchev–Trinajstić information content (AvgIpc) is 3.64. The van der Waals surface area contributed by atoms with Crippen molar-refractivity contribution in [1.29, 1.82) is 0 Å². The largest absolute Gasteiger partial charge is 0.489 e. The molecule has 7 aromatic rings. The molecule has 0 aliphatic heterocycles. The zero-order valence-corrected chi connectivity index (χ0v) is 23.6. The Morgan fingerprint density at radius 3 is 1.81 bits per heavy atom. The van der Waals surface area contributed by atoms with Crippen molar-refractivity contribution in [1.82, 2.24) is 9.13 Å². The molecule has 2 aromatic heterocycles. The Bertz CT molecular complexity index is 2050. The minimum absolute atomic E-state index is 0.305. The van der Waals surface area contributed by atoms with Gasteiger partial charge < -0.3 is 19.0 Å². The minimum Gasteiger partial charge on any atom is -0.489 e. The summed E-state index contributed by atoms with van der Waals surface area (Å²) in [5, 5.41) is 11.7. The number of aromatic carboxylic acids is 1. The van der Waals surface area contributed by atoms with Crippen LogP contribution in [-0.2, 0) is 19.7 Å². The molecular weight excluding hydrogens is 532 g/mol. The summed E-state index contributed by atoms with van der Waals surface area (Å²) in [7, 11) is 0. The maximum atomic E-state index is 11.4. The zero-order chi connectivity index (χ0) is 29.2. The molecule has 0 spiro atoms. The summed E-state index contributed by atoms with van der Waals surface area (Å²) in [5.41, 5.74) is 8.24. The first-order chi connectivity index (χ1) is 21.1. The predicted molar refractivity (Wildman–Crippen MR) is 172 cm³/mol. The van der Waals surface area contributed by atoms with Crippen LogP contribution in [0.4, 0.5) is 0 Å². The standard InChI is InChI=1S/C38H30N2O3/c41-38(42)34-6-4-5-29(21-34)25-40-20-18-31-14-16-33(23-37(31)40)32-15-13-30-17-19-39(36(30)22-32)24-27-9-11-28(12-10-27)26-43-35-7-2-1-3-8-35/h1-23H,24-26H2,(H,41,42). The van der Waals surface area contributed by atoms with Gasteiger partial charge in [-0.05, 0) is 87.1 Å². The summed E-state index contributed by atoms with van der Waals surface area (Å²) in [6, 6.07) is 43.1. The van der Waals surface area contributed by atoms with Gasteiger partial charge in [0.1, 0.15) is 12.4 Å². The lowest BCUT2D eigenvalue weighted by atomic mass is 10.0. The van der Waals surface area contributed by atoms with Crippen LogP contribution in [0.15, 0.2) is 140 Å². The molecule has 0 unspecified atom stereocenters. The molecule has 0 saturated heterocycles. The summed E-state index contributed by atoms with van der Waals surface area (Å²) in [4.78, 5) is 11.4. The van der Waals surface area contributed by atoms with Gasteiger partial charge >= 0.3 is 5.97 Å². The van der Waals surface area contributed by atoms with Gasteiger partial charge in [-0.15, -0.1) is 0 Å². The Morgan fingerprint density at radius 1 is 0.581 bits per heavy atom. The molecular formula is C38H30N2O3. The maximum Gasteiger partial charge on any atom is 0.335 e. The molecule has 7 rings (SSSR count). The third kappa shape index (κ3) is 5.66. The Morgan fingerprint density at radius 2 is 1.19 bits per heavy atom. The van der Waals surface area contributed by atoms with Crippen molar-refractivity contribution >= 4 is 27.8 Å². The molecule has 0 fully saturated rings. The van der Waals surface area contributed by atoms with Crippen LogP contribution >= 0.6 is 0 Å². The molecule has 0 aliphatic carbocycles. The van der Waals surface area contributed by atoms with Gasteiger partial charge in [0.15, 0.2) is 0 Å². The van der Waals surface area contributed by atoms with E-state index in [0.29, 0.717) is 18.7 Å². The molecule has 0 atom stereocenters. The van der Waals surface area contributed by atoms with Crippen LogP contribution in [0.1, 0.15) is 27.0 Å². The third-order valence-electron chi connectivity index (χ3n) is 7.93. The highest BCUT2D eigenvalue weighted by atomic mass is 16.5. The van der Waals surface area contributed by atoms with E-state index in [2.05, 4.69) is 94.3 Å². The number of ether oxygens (including phenoxy) is 1. The van der Waals surface area contributed by atoms with Crippen LogP contribution in [0.5, 0.6) is 5.75 Å². The topological polar surface area (TPSA) is 56.4 Å². The van der Waals surface area contributed by atoms with E-state index in [4.69, 9.17) is 4.74 Å². The number of carboxylic acids is 1. The molecule has 210 valence electrons. The Labute approximate surface area is 249 Å². The van der Waals surface area contributed by atoms with Crippen molar-refractivity contribution in [3.8, 4) is 16.9 Å². The number of nitrogens with zero attached hydrogens (tertiary/aromatic N) is 2. The predicted octanol–water partition coefficient (Wildman–Crippen LogP) is 8.64. The molecule has 1 N–H and O–H groups in total. The monoisotopic (exact) mass is 562 g/mol. The quantitative estimate of drug-likeness (QED) is 0.192. The van der Waals surface area contributed by atoms with Gasteiger partial charge in [0.2, 0.25) is 0 Å². The average molecular weight is 563 g/mol. The van der Waals surface area contributed by atoms with E-state index in [1.54, 1.807) is 18.2 Å². The first-order valence-electron chi connectivity index (χ1n) is 14.4.